The lowest BCUT2D eigenvalue weighted by Gasteiger charge is -2.05. The van der Waals surface area contributed by atoms with E-state index in [1.807, 2.05) is 0 Å². The Balaban J connectivity index is 2.58. The van der Waals surface area contributed by atoms with Crippen molar-refractivity contribution in [1.29, 1.82) is 0 Å². The summed E-state index contributed by atoms with van der Waals surface area (Å²) in [4.78, 5) is 22.6. The van der Waals surface area contributed by atoms with Crippen LogP contribution in [0.25, 0.3) is 0 Å². The molecule has 0 saturated heterocycles. The third-order valence-electron chi connectivity index (χ3n) is 1.91. The SMILES string of the molecule is CCOC(=O)NCC(=O)c1ccc(Cl)c(Cl)c1. The summed E-state index contributed by atoms with van der Waals surface area (Å²) in [5, 5.41) is 3.01. The molecule has 1 aromatic rings. The molecule has 0 heterocycles. The zero-order valence-corrected chi connectivity index (χ0v) is 10.6. The Labute approximate surface area is 109 Å². The Morgan fingerprint density at radius 2 is 2.00 bits per heavy atom. The number of hydrogen-bond acceptors (Lipinski definition) is 3. The van der Waals surface area contributed by atoms with Crippen LogP contribution in [0, 0.1) is 0 Å². The molecular formula is C11H11Cl2NO3. The van der Waals surface area contributed by atoms with E-state index < -0.39 is 6.09 Å². The van der Waals surface area contributed by atoms with Crippen molar-refractivity contribution < 1.29 is 14.3 Å². The highest BCUT2D eigenvalue weighted by Crippen LogP contribution is 2.22. The van der Waals surface area contributed by atoms with Crippen molar-refractivity contribution in [3.63, 3.8) is 0 Å². The van der Waals surface area contributed by atoms with E-state index in [-0.39, 0.29) is 18.9 Å². The second-order valence-electron chi connectivity index (χ2n) is 3.13. The zero-order valence-electron chi connectivity index (χ0n) is 9.13. The van der Waals surface area contributed by atoms with E-state index >= 15 is 0 Å². The molecule has 0 aliphatic heterocycles. The van der Waals surface area contributed by atoms with E-state index in [0.29, 0.717) is 15.6 Å². The molecule has 17 heavy (non-hydrogen) atoms. The minimum absolute atomic E-state index is 0.142. The molecule has 0 aromatic heterocycles. The highest BCUT2D eigenvalue weighted by Gasteiger charge is 2.10. The molecule has 0 atom stereocenters. The topological polar surface area (TPSA) is 55.4 Å². The van der Waals surface area contributed by atoms with Gasteiger partial charge in [-0.05, 0) is 25.1 Å². The minimum Gasteiger partial charge on any atom is -0.450 e. The molecule has 0 spiro atoms. The first-order chi connectivity index (χ1) is 8.04. The van der Waals surface area contributed by atoms with Gasteiger partial charge in [-0.15, -0.1) is 0 Å². The molecule has 0 bridgehead atoms. The Hall–Kier alpha value is -1.26. The fourth-order valence-corrected chi connectivity index (χ4v) is 1.40. The van der Waals surface area contributed by atoms with Gasteiger partial charge in [-0.2, -0.15) is 0 Å². The van der Waals surface area contributed by atoms with Crippen LogP contribution in [-0.2, 0) is 4.74 Å². The first kappa shape index (κ1) is 13.8. The minimum atomic E-state index is -0.624. The van der Waals surface area contributed by atoms with Crippen LogP contribution >= 0.6 is 23.2 Å². The molecule has 1 rings (SSSR count). The molecule has 92 valence electrons. The first-order valence-corrected chi connectivity index (χ1v) is 5.69. The lowest BCUT2D eigenvalue weighted by Crippen LogP contribution is -2.30. The van der Waals surface area contributed by atoms with Crippen molar-refractivity contribution in [3.05, 3.63) is 33.8 Å². The van der Waals surface area contributed by atoms with Gasteiger partial charge in [-0.3, -0.25) is 4.79 Å². The van der Waals surface area contributed by atoms with Crippen molar-refractivity contribution >= 4 is 35.1 Å². The summed E-state index contributed by atoms with van der Waals surface area (Å²) in [7, 11) is 0. The maximum Gasteiger partial charge on any atom is 0.407 e. The highest BCUT2D eigenvalue weighted by molar-refractivity contribution is 6.42. The van der Waals surface area contributed by atoms with Crippen LogP contribution in [0.15, 0.2) is 18.2 Å². The molecule has 1 aromatic carbocycles. The summed E-state index contributed by atoms with van der Waals surface area (Å²) in [5.74, 6) is -0.267. The number of hydrogen-bond donors (Lipinski definition) is 1. The number of rotatable bonds is 4. The second-order valence-corrected chi connectivity index (χ2v) is 3.94. The molecular weight excluding hydrogens is 265 g/mol. The van der Waals surface area contributed by atoms with Crippen molar-refractivity contribution in [2.24, 2.45) is 0 Å². The van der Waals surface area contributed by atoms with Gasteiger partial charge in [0.2, 0.25) is 0 Å². The smallest absolute Gasteiger partial charge is 0.407 e. The van der Waals surface area contributed by atoms with Crippen LogP contribution in [-0.4, -0.2) is 25.0 Å². The van der Waals surface area contributed by atoms with Gasteiger partial charge in [0, 0.05) is 5.56 Å². The predicted octanol–water partition coefficient (Wildman–Crippen LogP) is 2.92. The van der Waals surface area contributed by atoms with Crippen molar-refractivity contribution in [1.82, 2.24) is 5.32 Å². The molecule has 1 N–H and O–H groups in total. The quantitative estimate of drug-likeness (QED) is 0.860. The summed E-state index contributed by atoms with van der Waals surface area (Å²) >= 11 is 11.5. The zero-order chi connectivity index (χ0) is 12.8. The van der Waals surface area contributed by atoms with Gasteiger partial charge >= 0.3 is 6.09 Å². The fraction of sp³-hybridized carbons (Fsp3) is 0.273. The largest absolute Gasteiger partial charge is 0.450 e. The molecule has 6 heteroatoms. The van der Waals surface area contributed by atoms with Crippen LogP contribution < -0.4 is 5.32 Å². The van der Waals surface area contributed by atoms with Gasteiger partial charge in [0.15, 0.2) is 5.78 Å². The molecule has 0 aliphatic carbocycles. The highest BCUT2D eigenvalue weighted by atomic mass is 35.5. The number of alkyl carbamates (subject to hydrolysis) is 1. The van der Waals surface area contributed by atoms with Gasteiger partial charge in [0.05, 0.1) is 23.2 Å². The van der Waals surface area contributed by atoms with Crippen LogP contribution in [0.4, 0.5) is 4.79 Å². The number of amides is 1. The van der Waals surface area contributed by atoms with Gasteiger partial charge < -0.3 is 10.1 Å². The fourth-order valence-electron chi connectivity index (χ4n) is 1.11. The third-order valence-corrected chi connectivity index (χ3v) is 2.65. The van der Waals surface area contributed by atoms with E-state index in [2.05, 4.69) is 10.1 Å². The van der Waals surface area contributed by atoms with Crippen LogP contribution in [0.2, 0.25) is 10.0 Å². The average Bonchev–Trinajstić information content (AvgIpc) is 2.30. The molecule has 0 unspecified atom stereocenters. The third kappa shape index (κ3) is 4.24. The Bertz CT molecular complexity index is 435. The van der Waals surface area contributed by atoms with E-state index in [1.54, 1.807) is 13.0 Å². The average molecular weight is 276 g/mol. The second kappa shape index (κ2) is 6.47. The number of carbonyl (C=O) groups is 2. The van der Waals surface area contributed by atoms with Crippen molar-refractivity contribution in [3.8, 4) is 0 Å². The summed E-state index contributed by atoms with van der Waals surface area (Å²) in [6, 6.07) is 4.53. The number of benzene rings is 1. The molecule has 1 amide bonds. The van der Waals surface area contributed by atoms with Gasteiger partial charge in [-0.25, -0.2) is 4.79 Å². The maximum atomic E-state index is 11.6. The number of nitrogens with one attached hydrogen (secondary N) is 1. The van der Waals surface area contributed by atoms with Crippen molar-refractivity contribution in [2.75, 3.05) is 13.2 Å². The number of ketones is 1. The summed E-state index contributed by atoms with van der Waals surface area (Å²) < 4.78 is 4.62. The predicted molar refractivity (Wildman–Crippen MR) is 65.8 cm³/mol. The summed E-state index contributed by atoms with van der Waals surface area (Å²) in [5.41, 5.74) is 0.385. The normalized spacial score (nSPS) is 9.82. The first-order valence-electron chi connectivity index (χ1n) is 4.93. The molecule has 0 aliphatic rings. The van der Waals surface area contributed by atoms with Crippen LogP contribution in [0.3, 0.4) is 0 Å². The molecule has 4 nitrogen and oxygen atoms in total. The summed E-state index contributed by atoms with van der Waals surface area (Å²) in [6.07, 6.45) is -0.624. The van der Waals surface area contributed by atoms with Gasteiger partial charge in [-0.1, -0.05) is 23.2 Å². The lowest BCUT2D eigenvalue weighted by atomic mass is 10.1. The van der Waals surface area contributed by atoms with E-state index in [0.717, 1.165) is 0 Å². The monoisotopic (exact) mass is 275 g/mol. The van der Waals surface area contributed by atoms with Crippen LogP contribution in [0.1, 0.15) is 17.3 Å². The Morgan fingerprint density at radius 1 is 1.29 bits per heavy atom. The molecule has 0 saturated carbocycles. The number of ether oxygens (including phenoxy) is 1. The van der Waals surface area contributed by atoms with Crippen LogP contribution in [0.5, 0.6) is 0 Å². The van der Waals surface area contributed by atoms with E-state index in [4.69, 9.17) is 23.2 Å². The van der Waals surface area contributed by atoms with E-state index in [9.17, 15) is 9.59 Å². The van der Waals surface area contributed by atoms with Gasteiger partial charge in [0.1, 0.15) is 0 Å². The van der Waals surface area contributed by atoms with E-state index in [1.165, 1.54) is 12.1 Å². The number of Topliss-reactive ketones (excluding diaryl/α,β-unsaturated/α-hetero) is 1. The molecule has 0 fully saturated rings. The van der Waals surface area contributed by atoms with Gasteiger partial charge in [0.25, 0.3) is 0 Å². The van der Waals surface area contributed by atoms with Crippen molar-refractivity contribution in [2.45, 2.75) is 6.92 Å². The maximum absolute atomic E-state index is 11.6. The number of carbonyl (C=O) groups excluding carboxylic acids is 2. The number of halogens is 2. The summed E-state index contributed by atoms with van der Waals surface area (Å²) in [6.45, 7) is 1.80. The standard InChI is InChI=1S/C11H11Cl2NO3/c1-2-17-11(16)14-6-10(15)7-3-4-8(12)9(13)5-7/h3-5H,2,6H2,1H3,(H,14,16). The Kier molecular flexibility index (Phi) is 5.25. The lowest BCUT2D eigenvalue weighted by molar-refractivity contribution is 0.0979. The molecule has 0 radical (unpaired) electrons. The Morgan fingerprint density at radius 3 is 2.59 bits per heavy atom.